The Kier molecular flexibility index (Phi) is 4.33. The Balaban J connectivity index is 2.21. The fraction of sp³-hybridized carbons (Fsp3) is 0.188. The zero-order valence-corrected chi connectivity index (χ0v) is 12.0. The summed E-state index contributed by atoms with van der Waals surface area (Å²) in [5.74, 6) is -0.228. The molecular formula is C16H18N2O3. The highest BCUT2D eigenvalue weighted by Gasteiger charge is 2.11. The van der Waals surface area contributed by atoms with Crippen LogP contribution in [0.4, 0.5) is 11.4 Å². The number of methoxy groups -OCH3 is 1. The molecule has 5 heteroatoms. The van der Waals surface area contributed by atoms with Gasteiger partial charge in [0.05, 0.1) is 12.7 Å². The number of aromatic carboxylic acids is 1. The normalized spacial score (nSPS) is 10.2. The second-order valence-electron chi connectivity index (χ2n) is 4.78. The van der Waals surface area contributed by atoms with Crippen molar-refractivity contribution in [3.05, 3.63) is 53.6 Å². The highest BCUT2D eigenvalue weighted by molar-refractivity contribution is 5.94. The Hall–Kier alpha value is -2.69. The average molecular weight is 286 g/mol. The Bertz CT molecular complexity index is 656. The summed E-state index contributed by atoms with van der Waals surface area (Å²) in [5, 5.41) is 9.11. The van der Waals surface area contributed by atoms with E-state index in [-0.39, 0.29) is 11.3 Å². The Morgan fingerprint density at radius 2 is 2.05 bits per heavy atom. The first-order valence-corrected chi connectivity index (χ1v) is 6.48. The van der Waals surface area contributed by atoms with Gasteiger partial charge in [-0.1, -0.05) is 12.1 Å². The van der Waals surface area contributed by atoms with E-state index < -0.39 is 5.97 Å². The summed E-state index contributed by atoms with van der Waals surface area (Å²) in [6.45, 7) is 0.639. The lowest BCUT2D eigenvalue weighted by molar-refractivity contribution is 0.0698. The molecule has 0 aliphatic heterocycles. The van der Waals surface area contributed by atoms with Gasteiger partial charge in [0.15, 0.2) is 0 Å². The third-order valence-electron chi connectivity index (χ3n) is 3.26. The molecule has 0 unspecified atom stereocenters. The first kappa shape index (κ1) is 14.7. The molecule has 0 aliphatic rings. The number of hydrogen-bond donors (Lipinski definition) is 2. The van der Waals surface area contributed by atoms with Crippen LogP contribution in [0.3, 0.4) is 0 Å². The number of rotatable bonds is 5. The lowest BCUT2D eigenvalue weighted by Gasteiger charge is -2.20. The van der Waals surface area contributed by atoms with E-state index in [9.17, 15) is 4.79 Å². The number of carboxylic acid groups (broad SMARTS) is 1. The maximum atomic E-state index is 11.1. The molecule has 2 aromatic carbocycles. The number of benzene rings is 2. The molecule has 0 heterocycles. The third kappa shape index (κ3) is 3.45. The van der Waals surface area contributed by atoms with Gasteiger partial charge in [0, 0.05) is 25.0 Å². The summed E-state index contributed by atoms with van der Waals surface area (Å²) < 4.78 is 5.20. The third-order valence-corrected chi connectivity index (χ3v) is 3.26. The van der Waals surface area contributed by atoms with Crippen LogP contribution in [0, 0.1) is 0 Å². The molecule has 5 nitrogen and oxygen atoms in total. The van der Waals surface area contributed by atoms with Gasteiger partial charge in [-0.05, 0) is 35.9 Å². The highest BCUT2D eigenvalue weighted by atomic mass is 16.5. The maximum Gasteiger partial charge on any atom is 0.337 e. The van der Waals surface area contributed by atoms with Crippen LogP contribution in [-0.4, -0.2) is 25.2 Å². The van der Waals surface area contributed by atoms with Gasteiger partial charge in [0.25, 0.3) is 0 Å². The molecule has 0 saturated heterocycles. The summed E-state index contributed by atoms with van der Waals surface area (Å²) >= 11 is 0. The molecule has 0 atom stereocenters. The molecule has 0 radical (unpaired) electrons. The lowest BCUT2D eigenvalue weighted by Crippen LogP contribution is -2.17. The molecule has 0 fully saturated rings. The number of nitrogen functional groups attached to an aromatic ring is 1. The van der Waals surface area contributed by atoms with Gasteiger partial charge >= 0.3 is 5.97 Å². The first-order valence-electron chi connectivity index (χ1n) is 6.48. The molecule has 2 rings (SSSR count). The Morgan fingerprint density at radius 1 is 1.29 bits per heavy atom. The molecule has 0 amide bonds. The van der Waals surface area contributed by atoms with Crippen molar-refractivity contribution >= 4 is 17.3 Å². The van der Waals surface area contributed by atoms with Crippen molar-refractivity contribution in [1.82, 2.24) is 0 Å². The van der Waals surface area contributed by atoms with E-state index in [4.69, 9.17) is 15.6 Å². The summed E-state index contributed by atoms with van der Waals surface area (Å²) in [4.78, 5) is 13.1. The molecule has 3 N–H and O–H groups in total. The van der Waals surface area contributed by atoms with Gasteiger partial charge < -0.3 is 20.5 Å². The van der Waals surface area contributed by atoms with E-state index in [0.29, 0.717) is 6.54 Å². The van der Waals surface area contributed by atoms with Gasteiger partial charge in [-0.15, -0.1) is 0 Å². The maximum absolute atomic E-state index is 11.1. The summed E-state index contributed by atoms with van der Waals surface area (Å²) in [6.07, 6.45) is 0. The predicted molar refractivity (Wildman–Crippen MR) is 82.9 cm³/mol. The van der Waals surface area contributed by atoms with E-state index in [2.05, 4.69) is 0 Å². The van der Waals surface area contributed by atoms with Crippen molar-refractivity contribution in [1.29, 1.82) is 0 Å². The molecule has 0 aliphatic carbocycles. The molecule has 0 spiro atoms. The Morgan fingerprint density at radius 3 is 2.71 bits per heavy atom. The molecule has 0 saturated carbocycles. The van der Waals surface area contributed by atoms with Gasteiger partial charge in [0.1, 0.15) is 5.75 Å². The first-order chi connectivity index (χ1) is 10.0. The van der Waals surface area contributed by atoms with Crippen molar-refractivity contribution in [3.63, 3.8) is 0 Å². The minimum Gasteiger partial charge on any atom is -0.497 e. The smallest absolute Gasteiger partial charge is 0.337 e. The molecular weight excluding hydrogens is 268 g/mol. The molecule has 21 heavy (non-hydrogen) atoms. The van der Waals surface area contributed by atoms with Gasteiger partial charge in [0.2, 0.25) is 0 Å². The number of carbonyl (C=O) groups is 1. The minimum absolute atomic E-state index is 0.116. The van der Waals surface area contributed by atoms with Crippen molar-refractivity contribution in [2.45, 2.75) is 6.54 Å². The van der Waals surface area contributed by atoms with Crippen LogP contribution in [0.15, 0.2) is 42.5 Å². The van der Waals surface area contributed by atoms with Crippen LogP contribution in [0.25, 0.3) is 0 Å². The predicted octanol–water partition coefficient (Wildman–Crippen LogP) is 2.61. The van der Waals surface area contributed by atoms with E-state index in [1.54, 1.807) is 19.2 Å². The standard InChI is InChI=1S/C16H18N2O3/c1-18(10-11-4-3-5-13(8-11)21-2)12-6-7-15(17)14(9-12)16(19)20/h3-9H,10,17H2,1-2H3,(H,19,20). The topological polar surface area (TPSA) is 75.8 Å². The SMILES string of the molecule is COc1cccc(CN(C)c2ccc(N)c(C(=O)O)c2)c1. The number of anilines is 2. The fourth-order valence-corrected chi connectivity index (χ4v) is 2.10. The molecule has 0 aromatic heterocycles. The molecule has 0 bridgehead atoms. The van der Waals surface area contributed by atoms with Gasteiger partial charge in [-0.2, -0.15) is 0 Å². The van der Waals surface area contributed by atoms with Crippen LogP contribution in [0.1, 0.15) is 15.9 Å². The second kappa shape index (κ2) is 6.17. The van der Waals surface area contributed by atoms with E-state index >= 15 is 0 Å². The highest BCUT2D eigenvalue weighted by Crippen LogP contribution is 2.23. The van der Waals surface area contributed by atoms with Crippen LogP contribution in [0.2, 0.25) is 0 Å². The van der Waals surface area contributed by atoms with Crippen molar-refractivity contribution in [2.24, 2.45) is 0 Å². The van der Waals surface area contributed by atoms with Gasteiger partial charge in [-0.25, -0.2) is 4.79 Å². The van der Waals surface area contributed by atoms with Crippen LogP contribution >= 0.6 is 0 Å². The Labute approximate surface area is 123 Å². The van der Waals surface area contributed by atoms with E-state index in [1.165, 1.54) is 0 Å². The van der Waals surface area contributed by atoms with Gasteiger partial charge in [-0.3, -0.25) is 0 Å². The van der Waals surface area contributed by atoms with E-state index in [1.807, 2.05) is 42.3 Å². The zero-order valence-electron chi connectivity index (χ0n) is 12.0. The lowest BCUT2D eigenvalue weighted by atomic mass is 10.1. The van der Waals surface area contributed by atoms with Crippen molar-refractivity contribution < 1.29 is 14.6 Å². The average Bonchev–Trinajstić information content (AvgIpc) is 2.47. The monoisotopic (exact) mass is 286 g/mol. The minimum atomic E-state index is -1.02. The zero-order chi connectivity index (χ0) is 15.4. The van der Waals surface area contributed by atoms with Crippen molar-refractivity contribution in [2.75, 3.05) is 24.8 Å². The molecule has 2 aromatic rings. The number of hydrogen-bond acceptors (Lipinski definition) is 4. The summed E-state index contributed by atoms with van der Waals surface area (Å²) in [7, 11) is 3.53. The quantitative estimate of drug-likeness (QED) is 0.826. The van der Waals surface area contributed by atoms with Crippen LogP contribution in [0.5, 0.6) is 5.75 Å². The molecule has 110 valence electrons. The van der Waals surface area contributed by atoms with E-state index in [0.717, 1.165) is 17.0 Å². The van der Waals surface area contributed by atoms with Crippen molar-refractivity contribution in [3.8, 4) is 5.75 Å². The van der Waals surface area contributed by atoms with Crippen LogP contribution in [-0.2, 0) is 6.54 Å². The number of ether oxygens (including phenoxy) is 1. The largest absolute Gasteiger partial charge is 0.497 e. The second-order valence-corrected chi connectivity index (χ2v) is 4.78. The number of nitrogens with zero attached hydrogens (tertiary/aromatic N) is 1. The summed E-state index contributed by atoms with van der Waals surface area (Å²) in [6, 6.07) is 12.8. The number of nitrogens with two attached hydrogens (primary N) is 1. The van der Waals surface area contributed by atoms with Crippen LogP contribution < -0.4 is 15.4 Å². The fourth-order valence-electron chi connectivity index (χ4n) is 2.10. The number of carboxylic acids is 1. The summed E-state index contributed by atoms with van der Waals surface area (Å²) in [5.41, 5.74) is 7.92.